The minimum atomic E-state index is -3.71. The van der Waals surface area contributed by atoms with Crippen molar-refractivity contribution in [3.05, 3.63) is 94.4 Å². The van der Waals surface area contributed by atoms with Gasteiger partial charge in [-0.1, -0.05) is 12.6 Å². The predicted molar refractivity (Wildman–Crippen MR) is 119 cm³/mol. The second-order valence-corrected chi connectivity index (χ2v) is 8.71. The summed E-state index contributed by atoms with van der Waals surface area (Å²) in [6.45, 7) is 5.05. The number of methoxy groups -OCH3 is 1. The Kier molecular flexibility index (Phi) is 6.31. The van der Waals surface area contributed by atoms with Crippen LogP contribution in [0.4, 0.5) is 10.1 Å². The van der Waals surface area contributed by atoms with Gasteiger partial charge < -0.3 is 9.30 Å². The molecule has 1 N–H and O–H groups in total. The van der Waals surface area contributed by atoms with E-state index in [1.165, 1.54) is 12.1 Å². The molecule has 0 bridgehead atoms. The molecule has 2 aromatic carbocycles. The van der Waals surface area contributed by atoms with E-state index < -0.39 is 15.8 Å². The second-order valence-electron chi connectivity index (χ2n) is 7.08. The third-order valence-electron chi connectivity index (χ3n) is 4.99. The van der Waals surface area contributed by atoms with Crippen LogP contribution in [0.2, 0.25) is 0 Å². The SMILES string of the molecule is C=CS(=O)(=O)Nc1ccc(Cc2cc(C)c(C(=O)c3ccc(OC)cc3)n2C)c(F)c1. The van der Waals surface area contributed by atoms with Crippen LogP contribution >= 0.6 is 0 Å². The molecule has 0 aliphatic carbocycles. The van der Waals surface area contributed by atoms with Crippen LogP contribution in [0.3, 0.4) is 0 Å². The average Bonchev–Trinajstić information content (AvgIpc) is 3.02. The molecule has 3 rings (SSSR count). The number of nitrogens with zero attached hydrogens (tertiary/aromatic N) is 1. The number of sulfonamides is 1. The number of ketones is 1. The number of rotatable bonds is 8. The molecule has 0 fully saturated rings. The maximum absolute atomic E-state index is 14.6. The van der Waals surface area contributed by atoms with E-state index in [0.29, 0.717) is 22.6 Å². The number of aryl methyl sites for hydroxylation is 1. The lowest BCUT2D eigenvalue weighted by Gasteiger charge is -2.10. The van der Waals surface area contributed by atoms with E-state index >= 15 is 0 Å². The van der Waals surface area contributed by atoms with Crippen molar-refractivity contribution >= 4 is 21.5 Å². The highest BCUT2D eigenvalue weighted by Gasteiger charge is 2.19. The van der Waals surface area contributed by atoms with Crippen LogP contribution in [-0.4, -0.2) is 25.9 Å². The number of halogens is 1. The number of carbonyl (C=O) groups is 1. The quantitative estimate of drug-likeness (QED) is 0.531. The number of benzene rings is 2. The third kappa shape index (κ3) is 4.86. The van der Waals surface area contributed by atoms with E-state index in [1.54, 1.807) is 43.0 Å². The van der Waals surface area contributed by atoms with Crippen LogP contribution < -0.4 is 9.46 Å². The van der Waals surface area contributed by atoms with Gasteiger partial charge in [0.25, 0.3) is 10.0 Å². The van der Waals surface area contributed by atoms with Gasteiger partial charge in [0.05, 0.1) is 18.5 Å². The highest BCUT2D eigenvalue weighted by molar-refractivity contribution is 7.95. The number of aromatic nitrogens is 1. The van der Waals surface area contributed by atoms with Crippen LogP contribution in [0.15, 0.2) is 60.5 Å². The van der Waals surface area contributed by atoms with Crippen LogP contribution in [0.1, 0.15) is 32.9 Å². The highest BCUT2D eigenvalue weighted by Crippen LogP contribution is 2.24. The summed E-state index contributed by atoms with van der Waals surface area (Å²) in [7, 11) is -0.385. The third-order valence-corrected chi connectivity index (χ3v) is 5.95. The zero-order chi connectivity index (χ0) is 22.8. The molecule has 1 aromatic heterocycles. The van der Waals surface area contributed by atoms with Crippen molar-refractivity contribution < 1.29 is 22.3 Å². The fourth-order valence-corrected chi connectivity index (χ4v) is 3.90. The molecule has 0 radical (unpaired) electrons. The Morgan fingerprint density at radius 2 is 1.87 bits per heavy atom. The highest BCUT2D eigenvalue weighted by atomic mass is 32.2. The first-order valence-electron chi connectivity index (χ1n) is 9.43. The predicted octanol–water partition coefficient (Wildman–Crippen LogP) is 4.19. The lowest BCUT2D eigenvalue weighted by molar-refractivity contribution is 0.103. The number of carbonyl (C=O) groups excluding carboxylic acids is 1. The summed E-state index contributed by atoms with van der Waals surface area (Å²) in [6.07, 6.45) is 0.244. The molecule has 8 heteroatoms. The Hall–Kier alpha value is -3.39. The summed E-state index contributed by atoms with van der Waals surface area (Å²) in [5, 5.41) is 0.757. The number of anilines is 1. The van der Waals surface area contributed by atoms with E-state index in [-0.39, 0.29) is 17.9 Å². The van der Waals surface area contributed by atoms with Gasteiger partial charge in [0.2, 0.25) is 5.78 Å². The summed E-state index contributed by atoms with van der Waals surface area (Å²) in [6, 6.07) is 12.8. The summed E-state index contributed by atoms with van der Waals surface area (Å²) in [5.74, 6) is -0.0233. The molecule has 0 spiro atoms. The minimum absolute atomic E-state index is 0.111. The van der Waals surface area contributed by atoms with Crippen molar-refractivity contribution in [2.45, 2.75) is 13.3 Å². The summed E-state index contributed by atoms with van der Waals surface area (Å²) in [5.41, 5.74) is 3.09. The lowest BCUT2D eigenvalue weighted by atomic mass is 10.1. The van der Waals surface area contributed by atoms with Crippen LogP contribution in [0.5, 0.6) is 5.75 Å². The first kappa shape index (κ1) is 22.3. The van der Waals surface area contributed by atoms with Crippen molar-refractivity contribution in [2.75, 3.05) is 11.8 Å². The molecule has 0 amide bonds. The van der Waals surface area contributed by atoms with Gasteiger partial charge in [-0.3, -0.25) is 9.52 Å². The molecule has 6 nitrogen and oxygen atoms in total. The van der Waals surface area contributed by atoms with Gasteiger partial charge in [-0.25, -0.2) is 12.8 Å². The molecule has 3 aromatic rings. The Balaban J connectivity index is 1.87. The van der Waals surface area contributed by atoms with E-state index in [9.17, 15) is 17.6 Å². The zero-order valence-corrected chi connectivity index (χ0v) is 18.3. The van der Waals surface area contributed by atoms with Gasteiger partial charge in [0.1, 0.15) is 11.6 Å². The molecule has 31 heavy (non-hydrogen) atoms. The van der Waals surface area contributed by atoms with E-state index in [0.717, 1.165) is 22.7 Å². The first-order chi connectivity index (χ1) is 14.6. The summed E-state index contributed by atoms with van der Waals surface area (Å²) in [4.78, 5) is 13.0. The number of hydrogen-bond donors (Lipinski definition) is 1. The molecule has 0 saturated carbocycles. The van der Waals surface area contributed by atoms with Crippen LogP contribution in [-0.2, 0) is 23.5 Å². The first-order valence-corrected chi connectivity index (χ1v) is 11.0. The molecule has 0 saturated heterocycles. The number of nitrogens with one attached hydrogen (secondary N) is 1. The Bertz CT molecular complexity index is 1250. The van der Waals surface area contributed by atoms with Gasteiger partial charge >= 0.3 is 0 Å². The van der Waals surface area contributed by atoms with E-state index in [2.05, 4.69) is 11.3 Å². The molecule has 0 aliphatic heterocycles. The summed E-state index contributed by atoms with van der Waals surface area (Å²) >= 11 is 0. The van der Waals surface area contributed by atoms with Crippen molar-refractivity contribution in [1.82, 2.24) is 4.57 Å². The maximum atomic E-state index is 14.6. The fourth-order valence-electron chi connectivity index (χ4n) is 3.36. The van der Waals surface area contributed by atoms with Crippen molar-refractivity contribution in [3.8, 4) is 5.75 Å². The molecule has 162 valence electrons. The molecular weight excluding hydrogens is 419 g/mol. The smallest absolute Gasteiger partial charge is 0.254 e. The number of hydrogen-bond acceptors (Lipinski definition) is 4. The van der Waals surface area contributed by atoms with Crippen LogP contribution in [0, 0.1) is 12.7 Å². The minimum Gasteiger partial charge on any atom is -0.497 e. The monoisotopic (exact) mass is 442 g/mol. The van der Waals surface area contributed by atoms with Crippen molar-refractivity contribution in [1.29, 1.82) is 0 Å². The average molecular weight is 443 g/mol. The summed E-state index contributed by atoms with van der Waals surface area (Å²) < 4.78 is 46.8. The van der Waals surface area contributed by atoms with Gasteiger partial charge in [-0.2, -0.15) is 0 Å². The fraction of sp³-hybridized carbons (Fsp3) is 0.174. The van der Waals surface area contributed by atoms with Gasteiger partial charge in [0.15, 0.2) is 0 Å². The maximum Gasteiger partial charge on any atom is 0.254 e. The van der Waals surface area contributed by atoms with Crippen LogP contribution in [0.25, 0.3) is 0 Å². The van der Waals surface area contributed by atoms with Gasteiger partial charge in [-0.05, 0) is 60.5 Å². The molecule has 0 unspecified atom stereocenters. The topological polar surface area (TPSA) is 77.4 Å². The molecule has 0 aliphatic rings. The largest absolute Gasteiger partial charge is 0.497 e. The Labute approximate surface area is 181 Å². The van der Waals surface area contributed by atoms with E-state index in [1.807, 2.05) is 13.0 Å². The molecule has 1 heterocycles. The van der Waals surface area contributed by atoms with E-state index in [4.69, 9.17) is 4.74 Å². The Morgan fingerprint density at radius 1 is 1.19 bits per heavy atom. The second kappa shape index (κ2) is 8.77. The lowest BCUT2D eigenvalue weighted by Crippen LogP contribution is -2.11. The standard InChI is InChI=1S/C23H23FN2O4S/c1-5-31(28,29)25-18-9-6-17(21(24)14-18)13-19-12-15(2)22(26(19)3)23(27)16-7-10-20(30-4)11-8-16/h5-12,14,25H,1,13H2,2-4H3. The zero-order valence-electron chi connectivity index (χ0n) is 17.5. The van der Waals surface area contributed by atoms with Crippen molar-refractivity contribution in [3.63, 3.8) is 0 Å². The number of ether oxygens (including phenoxy) is 1. The van der Waals surface area contributed by atoms with Gasteiger partial charge in [-0.15, -0.1) is 0 Å². The normalized spacial score (nSPS) is 11.2. The van der Waals surface area contributed by atoms with Crippen molar-refractivity contribution in [2.24, 2.45) is 7.05 Å². The van der Waals surface area contributed by atoms with Gasteiger partial charge in [0, 0.05) is 30.1 Å². The molecule has 0 atom stereocenters. The molecular formula is C23H23FN2O4S. The Morgan fingerprint density at radius 3 is 2.45 bits per heavy atom.